The van der Waals surface area contributed by atoms with E-state index in [4.69, 9.17) is 11.0 Å². The zero-order valence-corrected chi connectivity index (χ0v) is 8.63. The van der Waals surface area contributed by atoms with Crippen molar-refractivity contribution in [3.05, 3.63) is 35.4 Å². The Morgan fingerprint density at radius 3 is 2.71 bits per heavy atom. The molecule has 1 fully saturated rings. The van der Waals surface area contributed by atoms with Gasteiger partial charge in [-0.15, -0.1) is 12.4 Å². The Kier molecular flexibility index (Phi) is 3.51. The maximum absolute atomic E-state index is 8.71. The monoisotopic (exact) mass is 208 g/mol. The van der Waals surface area contributed by atoms with Crippen LogP contribution in [0.4, 0.5) is 0 Å². The first-order chi connectivity index (χ1) is 6.31. The molecule has 0 aromatic heterocycles. The van der Waals surface area contributed by atoms with Crippen molar-refractivity contribution in [3.63, 3.8) is 0 Å². The van der Waals surface area contributed by atoms with Gasteiger partial charge >= 0.3 is 0 Å². The van der Waals surface area contributed by atoms with Crippen molar-refractivity contribution >= 4 is 12.4 Å². The molecule has 0 aliphatic heterocycles. The first-order valence-corrected chi connectivity index (χ1v) is 4.57. The van der Waals surface area contributed by atoms with Gasteiger partial charge in [-0.3, -0.25) is 0 Å². The van der Waals surface area contributed by atoms with E-state index in [2.05, 4.69) is 6.07 Å². The molecule has 1 aromatic rings. The highest BCUT2D eigenvalue weighted by molar-refractivity contribution is 5.85. The molecule has 0 amide bonds. The van der Waals surface area contributed by atoms with Crippen LogP contribution in [0.5, 0.6) is 0 Å². The molecule has 3 heteroatoms. The quantitative estimate of drug-likeness (QED) is 0.812. The van der Waals surface area contributed by atoms with E-state index in [-0.39, 0.29) is 18.4 Å². The van der Waals surface area contributed by atoms with Gasteiger partial charge in [0, 0.05) is 6.04 Å². The third kappa shape index (κ3) is 2.25. The molecule has 1 aliphatic rings. The number of halogens is 1. The fourth-order valence-electron chi connectivity index (χ4n) is 1.54. The van der Waals surface area contributed by atoms with Gasteiger partial charge in [0.25, 0.3) is 0 Å². The van der Waals surface area contributed by atoms with Gasteiger partial charge in [0.05, 0.1) is 11.6 Å². The zero-order chi connectivity index (χ0) is 9.26. The van der Waals surface area contributed by atoms with Crippen LogP contribution in [0.2, 0.25) is 0 Å². The minimum atomic E-state index is 0. The Morgan fingerprint density at radius 1 is 1.43 bits per heavy atom. The summed E-state index contributed by atoms with van der Waals surface area (Å²) < 4.78 is 0. The number of nitrogens with two attached hydrogens (primary N) is 1. The molecule has 1 aliphatic carbocycles. The van der Waals surface area contributed by atoms with E-state index < -0.39 is 0 Å². The average molecular weight is 209 g/mol. The number of hydrogen-bond donors (Lipinski definition) is 1. The summed E-state index contributed by atoms with van der Waals surface area (Å²) in [6.07, 6.45) is 2.47. The van der Waals surface area contributed by atoms with Crippen molar-refractivity contribution in [1.29, 1.82) is 5.26 Å². The molecule has 1 atom stereocenters. The summed E-state index contributed by atoms with van der Waals surface area (Å²) >= 11 is 0. The molecular weight excluding hydrogens is 196 g/mol. The van der Waals surface area contributed by atoms with Crippen LogP contribution in [-0.2, 0) is 0 Å². The number of benzene rings is 1. The second-order valence-corrected chi connectivity index (χ2v) is 3.60. The molecule has 1 aromatic carbocycles. The lowest BCUT2D eigenvalue weighted by Crippen LogP contribution is -2.12. The molecule has 0 radical (unpaired) electrons. The van der Waals surface area contributed by atoms with Crippen LogP contribution in [0.25, 0.3) is 0 Å². The van der Waals surface area contributed by atoms with E-state index in [1.54, 1.807) is 0 Å². The number of nitriles is 1. The molecule has 1 saturated carbocycles. The maximum atomic E-state index is 8.71. The van der Waals surface area contributed by atoms with Crippen LogP contribution in [0, 0.1) is 17.2 Å². The van der Waals surface area contributed by atoms with Crippen LogP contribution in [0.3, 0.4) is 0 Å². The summed E-state index contributed by atoms with van der Waals surface area (Å²) in [7, 11) is 0. The van der Waals surface area contributed by atoms with E-state index >= 15 is 0 Å². The van der Waals surface area contributed by atoms with E-state index in [0.717, 1.165) is 5.56 Å². The fraction of sp³-hybridized carbons (Fsp3) is 0.364. The van der Waals surface area contributed by atoms with Gasteiger partial charge in [0.1, 0.15) is 0 Å². The summed E-state index contributed by atoms with van der Waals surface area (Å²) in [5, 5.41) is 8.71. The van der Waals surface area contributed by atoms with Crippen molar-refractivity contribution in [3.8, 4) is 6.07 Å². The van der Waals surface area contributed by atoms with Gasteiger partial charge in [-0.2, -0.15) is 5.26 Å². The SMILES string of the molecule is Cl.N#Cc1cccc([C@H](N)C2CC2)c1. The second kappa shape index (κ2) is 4.45. The van der Waals surface area contributed by atoms with Crippen LogP contribution in [0.1, 0.15) is 30.0 Å². The van der Waals surface area contributed by atoms with Crippen LogP contribution >= 0.6 is 12.4 Å². The molecule has 2 N–H and O–H groups in total. The Bertz CT molecular complexity index is 353. The standard InChI is InChI=1S/C11H12N2.ClH/c12-7-8-2-1-3-10(6-8)11(13)9-4-5-9;/h1-3,6,9,11H,4-5,13H2;1H/t11-;/m1./s1. The molecule has 2 rings (SSSR count). The zero-order valence-electron chi connectivity index (χ0n) is 7.81. The Labute approximate surface area is 90.1 Å². The van der Waals surface area contributed by atoms with Gasteiger partial charge in [-0.25, -0.2) is 0 Å². The first-order valence-electron chi connectivity index (χ1n) is 4.57. The van der Waals surface area contributed by atoms with E-state index in [9.17, 15) is 0 Å². The molecule has 0 unspecified atom stereocenters. The number of rotatable bonds is 2. The minimum Gasteiger partial charge on any atom is -0.324 e. The van der Waals surface area contributed by atoms with Crippen molar-refractivity contribution in [2.24, 2.45) is 11.7 Å². The summed E-state index contributed by atoms with van der Waals surface area (Å²) in [6, 6.07) is 9.86. The predicted molar refractivity (Wildman–Crippen MR) is 58.1 cm³/mol. The molecule has 14 heavy (non-hydrogen) atoms. The number of nitrogens with zero attached hydrogens (tertiary/aromatic N) is 1. The lowest BCUT2D eigenvalue weighted by molar-refractivity contribution is 0.633. The Hall–Kier alpha value is -1.04. The lowest BCUT2D eigenvalue weighted by atomic mass is 10.0. The van der Waals surface area contributed by atoms with E-state index in [1.165, 1.54) is 12.8 Å². The summed E-state index contributed by atoms with van der Waals surface area (Å²) in [4.78, 5) is 0. The van der Waals surface area contributed by atoms with Crippen LogP contribution in [-0.4, -0.2) is 0 Å². The van der Waals surface area contributed by atoms with Crippen molar-refractivity contribution in [2.45, 2.75) is 18.9 Å². The fourth-order valence-corrected chi connectivity index (χ4v) is 1.54. The lowest BCUT2D eigenvalue weighted by Gasteiger charge is -2.09. The van der Waals surface area contributed by atoms with E-state index in [0.29, 0.717) is 11.5 Å². The van der Waals surface area contributed by atoms with Crippen molar-refractivity contribution in [2.75, 3.05) is 0 Å². The number of hydrogen-bond acceptors (Lipinski definition) is 2. The largest absolute Gasteiger partial charge is 0.324 e. The topological polar surface area (TPSA) is 49.8 Å². The normalized spacial score (nSPS) is 16.6. The molecule has 0 bridgehead atoms. The highest BCUT2D eigenvalue weighted by Crippen LogP contribution is 2.39. The molecule has 2 nitrogen and oxygen atoms in total. The molecule has 0 saturated heterocycles. The minimum absolute atomic E-state index is 0. The maximum Gasteiger partial charge on any atom is 0.0991 e. The Morgan fingerprint density at radius 2 is 2.14 bits per heavy atom. The first kappa shape index (κ1) is 11.0. The third-order valence-corrected chi connectivity index (χ3v) is 2.53. The molecule has 74 valence electrons. The Balaban J connectivity index is 0.000000980. The highest BCUT2D eigenvalue weighted by atomic mass is 35.5. The average Bonchev–Trinajstić information content (AvgIpc) is 3.00. The molecule has 0 heterocycles. The highest BCUT2D eigenvalue weighted by Gasteiger charge is 2.29. The van der Waals surface area contributed by atoms with Crippen molar-refractivity contribution < 1.29 is 0 Å². The van der Waals surface area contributed by atoms with Gasteiger partial charge in [0.15, 0.2) is 0 Å². The van der Waals surface area contributed by atoms with Gasteiger partial charge in [-0.1, -0.05) is 12.1 Å². The third-order valence-electron chi connectivity index (χ3n) is 2.53. The van der Waals surface area contributed by atoms with Gasteiger partial charge in [0.2, 0.25) is 0 Å². The van der Waals surface area contributed by atoms with Crippen LogP contribution < -0.4 is 5.73 Å². The second-order valence-electron chi connectivity index (χ2n) is 3.60. The summed E-state index contributed by atoms with van der Waals surface area (Å²) in [6.45, 7) is 0. The summed E-state index contributed by atoms with van der Waals surface area (Å²) in [5.41, 5.74) is 7.82. The van der Waals surface area contributed by atoms with Crippen molar-refractivity contribution in [1.82, 2.24) is 0 Å². The van der Waals surface area contributed by atoms with Crippen LogP contribution in [0.15, 0.2) is 24.3 Å². The molecule has 0 spiro atoms. The predicted octanol–water partition coefficient (Wildman–Crippen LogP) is 2.39. The van der Waals surface area contributed by atoms with Gasteiger partial charge in [-0.05, 0) is 36.5 Å². The summed E-state index contributed by atoms with van der Waals surface area (Å²) in [5.74, 6) is 0.647. The smallest absolute Gasteiger partial charge is 0.0991 e. The van der Waals surface area contributed by atoms with E-state index in [1.807, 2.05) is 24.3 Å². The van der Waals surface area contributed by atoms with Gasteiger partial charge < -0.3 is 5.73 Å². The molecular formula is C11H13ClN2.